The molecule has 0 spiro atoms. The highest BCUT2D eigenvalue weighted by Crippen LogP contribution is 2.27. The molecule has 4 nitrogen and oxygen atoms in total. The van der Waals surface area contributed by atoms with Gasteiger partial charge in [-0.1, -0.05) is 19.4 Å². The lowest BCUT2D eigenvalue weighted by Crippen LogP contribution is -2.10. The third kappa shape index (κ3) is 3.24. The summed E-state index contributed by atoms with van der Waals surface area (Å²) in [7, 11) is 0. The minimum atomic E-state index is -0.290. The number of hydrogen-bond acceptors (Lipinski definition) is 4. The molecule has 16 heavy (non-hydrogen) atoms. The number of ether oxygens (including phenoxy) is 1. The molecule has 1 rings (SSSR count). The Morgan fingerprint density at radius 3 is 2.88 bits per heavy atom. The zero-order valence-corrected chi connectivity index (χ0v) is 9.40. The summed E-state index contributed by atoms with van der Waals surface area (Å²) in [5.74, 6) is 0.119. The zero-order chi connectivity index (χ0) is 12.0. The number of benzene rings is 1. The number of carbonyl (C=O) groups excluding carboxylic acids is 1. The van der Waals surface area contributed by atoms with E-state index in [1.807, 2.05) is 6.92 Å². The zero-order valence-electron chi connectivity index (χ0n) is 9.40. The predicted octanol–water partition coefficient (Wildman–Crippen LogP) is 1.95. The maximum absolute atomic E-state index is 11.4. The molecule has 0 heterocycles. The molecule has 0 aromatic heterocycles. The van der Waals surface area contributed by atoms with Crippen LogP contribution < -0.4 is 10.5 Å². The SMILES string of the molecule is CCCCC(=O)Oc1cccc(O)c1CN. The average molecular weight is 223 g/mol. The molecule has 0 aliphatic carbocycles. The molecule has 0 bridgehead atoms. The van der Waals surface area contributed by atoms with E-state index in [1.54, 1.807) is 12.1 Å². The first-order valence-electron chi connectivity index (χ1n) is 5.40. The van der Waals surface area contributed by atoms with Gasteiger partial charge in [0, 0.05) is 13.0 Å². The van der Waals surface area contributed by atoms with Crippen LogP contribution in [0.4, 0.5) is 0 Å². The van der Waals surface area contributed by atoms with Gasteiger partial charge >= 0.3 is 5.97 Å². The van der Waals surface area contributed by atoms with Gasteiger partial charge in [-0.05, 0) is 18.6 Å². The topological polar surface area (TPSA) is 72.5 Å². The second-order valence-corrected chi connectivity index (χ2v) is 3.54. The van der Waals surface area contributed by atoms with Crippen molar-refractivity contribution in [1.82, 2.24) is 0 Å². The van der Waals surface area contributed by atoms with Crippen LogP contribution in [0.25, 0.3) is 0 Å². The minimum Gasteiger partial charge on any atom is -0.507 e. The Balaban J connectivity index is 2.73. The molecule has 0 fully saturated rings. The summed E-state index contributed by atoms with van der Waals surface area (Å²) in [4.78, 5) is 11.4. The number of nitrogens with two attached hydrogens (primary N) is 1. The molecule has 3 N–H and O–H groups in total. The van der Waals surface area contributed by atoms with Crippen LogP contribution in [-0.4, -0.2) is 11.1 Å². The fourth-order valence-electron chi connectivity index (χ4n) is 1.35. The van der Waals surface area contributed by atoms with Crippen LogP contribution in [0, 0.1) is 0 Å². The van der Waals surface area contributed by atoms with Crippen molar-refractivity contribution in [2.24, 2.45) is 5.73 Å². The number of phenolic OH excluding ortho intramolecular Hbond substituents is 1. The number of phenols is 1. The fraction of sp³-hybridized carbons (Fsp3) is 0.417. The second-order valence-electron chi connectivity index (χ2n) is 3.54. The van der Waals surface area contributed by atoms with Gasteiger partial charge in [0.2, 0.25) is 0 Å². The van der Waals surface area contributed by atoms with Crippen LogP contribution in [0.5, 0.6) is 11.5 Å². The first kappa shape index (κ1) is 12.5. The first-order valence-corrected chi connectivity index (χ1v) is 5.40. The van der Waals surface area contributed by atoms with E-state index in [1.165, 1.54) is 6.07 Å². The number of rotatable bonds is 5. The van der Waals surface area contributed by atoms with Crippen molar-refractivity contribution in [2.75, 3.05) is 0 Å². The van der Waals surface area contributed by atoms with Gasteiger partial charge in [-0.2, -0.15) is 0 Å². The van der Waals surface area contributed by atoms with Crippen LogP contribution >= 0.6 is 0 Å². The van der Waals surface area contributed by atoms with Gasteiger partial charge in [0.1, 0.15) is 11.5 Å². The van der Waals surface area contributed by atoms with Crippen molar-refractivity contribution < 1.29 is 14.6 Å². The lowest BCUT2D eigenvalue weighted by molar-refractivity contribution is -0.134. The monoisotopic (exact) mass is 223 g/mol. The van der Waals surface area contributed by atoms with Gasteiger partial charge in [0.05, 0.1) is 5.56 Å². The van der Waals surface area contributed by atoms with Crippen molar-refractivity contribution >= 4 is 5.97 Å². The molecule has 0 aliphatic heterocycles. The number of unbranched alkanes of at least 4 members (excludes halogenated alkanes) is 1. The molecule has 0 saturated carbocycles. The third-order valence-corrected chi connectivity index (χ3v) is 2.27. The van der Waals surface area contributed by atoms with Gasteiger partial charge < -0.3 is 15.6 Å². The van der Waals surface area contributed by atoms with E-state index in [0.717, 1.165) is 12.8 Å². The minimum absolute atomic E-state index is 0.0586. The summed E-state index contributed by atoms with van der Waals surface area (Å²) >= 11 is 0. The van der Waals surface area contributed by atoms with Crippen LogP contribution in [0.3, 0.4) is 0 Å². The molecule has 0 amide bonds. The van der Waals surface area contributed by atoms with E-state index < -0.39 is 0 Å². The van der Waals surface area contributed by atoms with Crippen molar-refractivity contribution in [1.29, 1.82) is 0 Å². The third-order valence-electron chi connectivity index (χ3n) is 2.27. The second kappa shape index (κ2) is 6.12. The Labute approximate surface area is 95.0 Å². The summed E-state index contributed by atoms with van der Waals surface area (Å²) in [6.45, 7) is 2.15. The number of esters is 1. The number of carbonyl (C=O) groups is 1. The maximum Gasteiger partial charge on any atom is 0.311 e. The number of hydrogen-bond donors (Lipinski definition) is 2. The van der Waals surface area contributed by atoms with Gasteiger partial charge in [0.15, 0.2) is 0 Å². The van der Waals surface area contributed by atoms with Gasteiger partial charge in [-0.25, -0.2) is 0 Å². The van der Waals surface area contributed by atoms with E-state index in [0.29, 0.717) is 17.7 Å². The van der Waals surface area contributed by atoms with Crippen LogP contribution in [0.2, 0.25) is 0 Å². The van der Waals surface area contributed by atoms with Gasteiger partial charge in [-0.15, -0.1) is 0 Å². The summed E-state index contributed by atoms with van der Waals surface area (Å²) < 4.78 is 5.14. The van der Waals surface area contributed by atoms with Crippen molar-refractivity contribution in [3.63, 3.8) is 0 Å². The molecule has 4 heteroatoms. The molecular weight excluding hydrogens is 206 g/mol. The van der Waals surface area contributed by atoms with E-state index in [4.69, 9.17) is 10.5 Å². The summed E-state index contributed by atoms with van der Waals surface area (Å²) in [6.07, 6.45) is 2.13. The first-order chi connectivity index (χ1) is 7.69. The van der Waals surface area contributed by atoms with Crippen LogP contribution in [0.15, 0.2) is 18.2 Å². The highest BCUT2D eigenvalue weighted by Gasteiger charge is 2.10. The Morgan fingerprint density at radius 1 is 1.50 bits per heavy atom. The van der Waals surface area contributed by atoms with E-state index in [9.17, 15) is 9.90 Å². The highest BCUT2D eigenvalue weighted by atomic mass is 16.5. The summed E-state index contributed by atoms with van der Waals surface area (Å²) in [6, 6.07) is 4.77. The molecule has 1 aromatic carbocycles. The van der Waals surface area contributed by atoms with E-state index >= 15 is 0 Å². The molecule has 0 radical (unpaired) electrons. The molecule has 88 valence electrons. The van der Waals surface area contributed by atoms with Crippen molar-refractivity contribution in [3.05, 3.63) is 23.8 Å². The number of aromatic hydroxyl groups is 1. The Morgan fingerprint density at radius 2 is 2.25 bits per heavy atom. The molecule has 0 saturated heterocycles. The highest BCUT2D eigenvalue weighted by molar-refractivity contribution is 5.73. The molecule has 1 aromatic rings. The smallest absolute Gasteiger partial charge is 0.311 e. The Hall–Kier alpha value is -1.55. The van der Waals surface area contributed by atoms with Gasteiger partial charge in [0.25, 0.3) is 0 Å². The lowest BCUT2D eigenvalue weighted by atomic mass is 10.2. The van der Waals surface area contributed by atoms with Crippen LogP contribution in [-0.2, 0) is 11.3 Å². The Bertz CT molecular complexity index is 363. The van der Waals surface area contributed by atoms with E-state index in [2.05, 4.69) is 0 Å². The van der Waals surface area contributed by atoms with Crippen LogP contribution in [0.1, 0.15) is 31.7 Å². The van der Waals surface area contributed by atoms with Gasteiger partial charge in [-0.3, -0.25) is 4.79 Å². The standard InChI is InChI=1S/C12H17NO3/c1-2-3-7-12(15)16-11-6-4-5-10(14)9(11)8-13/h4-6,14H,2-3,7-8,13H2,1H3. The Kier molecular flexibility index (Phi) is 4.79. The summed E-state index contributed by atoms with van der Waals surface area (Å²) in [5.41, 5.74) is 5.94. The normalized spacial score (nSPS) is 10.1. The molecular formula is C12H17NO3. The van der Waals surface area contributed by atoms with Crippen molar-refractivity contribution in [3.8, 4) is 11.5 Å². The predicted molar refractivity (Wildman–Crippen MR) is 61.2 cm³/mol. The molecule has 0 unspecified atom stereocenters. The maximum atomic E-state index is 11.4. The fourth-order valence-corrected chi connectivity index (χ4v) is 1.35. The molecule has 0 aliphatic rings. The van der Waals surface area contributed by atoms with E-state index in [-0.39, 0.29) is 18.3 Å². The summed E-state index contributed by atoms with van der Waals surface area (Å²) in [5, 5.41) is 9.51. The van der Waals surface area contributed by atoms with Crippen molar-refractivity contribution in [2.45, 2.75) is 32.7 Å². The largest absolute Gasteiger partial charge is 0.507 e. The lowest BCUT2D eigenvalue weighted by Gasteiger charge is -2.09. The average Bonchev–Trinajstić information content (AvgIpc) is 2.27. The quantitative estimate of drug-likeness (QED) is 0.591. The molecule has 0 atom stereocenters.